The van der Waals surface area contributed by atoms with E-state index < -0.39 is 21.9 Å². The van der Waals surface area contributed by atoms with Gasteiger partial charge in [-0.25, -0.2) is 17.1 Å². The Morgan fingerprint density at radius 2 is 1.93 bits per heavy atom. The number of ether oxygens (including phenoxy) is 1. The highest BCUT2D eigenvalue weighted by Crippen LogP contribution is 2.32. The van der Waals surface area contributed by atoms with Gasteiger partial charge in [0.15, 0.2) is 6.10 Å². The first-order valence-corrected chi connectivity index (χ1v) is 10.7. The van der Waals surface area contributed by atoms with E-state index in [1.165, 1.54) is 19.2 Å². The van der Waals surface area contributed by atoms with Crippen molar-refractivity contribution in [3.8, 4) is 5.75 Å². The van der Waals surface area contributed by atoms with Gasteiger partial charge in [0.05, 0.1) is 10.6 Å². The number of amides is 2. The zero-order valence-corrected chi connectivity index (χ0v) is 17.3. The number of rotatable bonds is 7. The Bertz CT molecular complexity index is 1060. The Morgan fingerprint density at radius 3 is 2.63 bits per heavy atom. The van der Waals surface area contributed by atoms with E-state index in [1.807, 2.05) is 0 Å². The van der Waals surface area contributed by atoms with E-state index in [4.69, 9.17) is 4.74 Å². The largest absolute Gasteiger partial charge is 0.479 e. The monoisotopic (exact) mass is 435 g/mol. The van der Waals surface area contributed by atoms with Crippen molar-refractivity contribution in [3.05, 3.63) is 48.3 Å². The first kappa shape index (κ1) is 21.7. The van der Waals surface area contributed by atoms with E-state index in [1.54, 1.807) is 25.1 Å². The van der Waals surface area contributed by atoms with Crippen LogP contribution in [0, 0.1) is 5.82 Å². The van der Waals surface area contributed by atoms with Gasteiger partial charge in [-0.3, -0.25) is 9.59 Å². The molecule has 2 aromatic rings. The van der Waals surface area contributed by atoms with Gasteiger partial charge in [-0.05, 0) is 55.8 Å². The van der Waals surface area contributed by atoms with Gasteiger partial charge in [-0.2, -0.15) is 0 Å². The highest BCUT2D eigenvalue weighted by Gasteiger charge is 2.24. The van der Waals surface area contributed by atoms with Crippen LogP contribution in [0.2, 0.25) is 0 Å². The third-order valence-corrected chi connectivity index (χ3v) is 6.46. The van der Waals surface area contributed by atoms with Crippen LogP contribution in [0.15, 0.2) is 47.4 Å². The number of nitrogens with one attached hydrogen (secondary N) is 2. The predicted molar refractivity (Wildman–Crippen MR) is 109 cm³/mol. The number of carbonyl (C=O) groups is 2. The molecule has 0 fully saturated rings. The molecule has 1 atom stereocenters. The summed E-state index contributed by atoms with van der Waals surface area (Å²) in [5.41, 5.74) is 0.963. The Kier molecular flexibility index (Phi) is 6.37. The quantitative estimate of drug-likeness (QED) is 0.696. The predicted octanol–water partition coefficient (Wildman–Crippen LogP) is 2.58. The molecule has 10 heteroatoms. The molecule has 2 N–H and O–H groups in total. The minimum atomic E-state index is -3.75. The summed E-state index contributed by atoms with van der Waals surface area (Å²) in [4.78, 5) is 23.9. The van der Waals surface area contributed by atoms with Gasteiger partial charge < -0.3 is 15.4 Å². The van der Waals surface area contributed by atoms with Crippen LogP contribution in [0.4, 0.5) is 15.8 Å². The molecule has 3 rings (SSSR count). The molecule has 0 spiro atoms. The standard InChI is InChI=1S/C20H22FN3O5S/c1-13-20(26)23-17-12-15(7-10-18(17)29-13)22-19(25)4-3-11-24(2)30(27,28)16-8-5-14(21)6-9-16/h5-10,12-13H,3-4,11H2,1-2H3,(H,22,25)(H,23,26)/t13-/m0/s1. The molecular weight excluding hydrogens is 413 g/mol. The molecule has 8 nitrogen and oxygen atoms in total. The maximum atomic E-state index is 13.0. The molecule has 1 aliphatic heterocycles. The number of halogens is 1. The van der Waals surface area contributed by atoms with Crippen molar-refractivity contribution in [3.63, 3.8) is 0 Å². The summed E-state index contributed by atoms with van der Waals surface area (Å²) < 4.78 is 44.5. The number of hydrogen-bond donors (Lipinski definition) is 2. The summed E-state index contributed by atoms with van der Waals surface area (Å²) in [5.74, 6) is -0.556. The number of fused-ring (bicyclic) bond motifs is 1. The number of hydrogen-bond acceptors (Lipinski definition) is 5. The van der Waals surface area contributed by atoms with E-state index in [0.717, 1.165) is 16.4 Å². The van der Waals surface area contributed by atoms with Gasteiger partial charge in [-0.15, -0.1) is 0 Å². The van der Waals surface area contributed by atoms with E-state index in [0.29, 0.717) is 23.5 Å². The molecule has 30 heavy (non-hydrogen) atoms. The molecule has 0 saturated heterocycles. The normalized spacial score (nSPS) is 15.9. The van der Waals surface area contributed by atoms with Crippen LogP contribution in [0.25, 0.3) is 0 Å². The average molecular weight is 435 g/mol. The number of benzene rings is 2. The fourth-order valence-corrected chi connectivity index (χ4v) is 4.09. The fraction of sp³-hybridized carbons (Fsp3) is 0.300. The molecule has 0 unspecified atom stereocenters. The molecule has 160 valence electrons. The van der Waals surface area contributed by atoms with E-state index >= 15 is 0 Å². The summed E-state index contributed by atoms with van der Waals surface area (Å²) in [6, 6.07) is 9.49. The van der Waals surface area contributed by atoms with Crippen molar-refractivity contribution in [1.29, 1.82) is 0 Å². The minimum Gasteiger partial charge on any atom is -0.479 e. The average Bonchev–Trinajstić information content (AvgIpc) is 2.69. The SMILES string of the molecule is C[C@@H]1Oc2ccc(NC(=O)CCCN(C)S(=O)(=O)c3ccc(F)cc3)cc2NC1=O. The molecule has 1 heterocycles. The second kappa shape index (κ2) is 8.80. The van der Waals surface area contributed by atoms with Crippen molar-refractivity contribution in [2.75, 3.05) is 24.2 Å². The Morgan fingerprint density at radius 1 is 1.23 bits per heavy atom. The third kappa shape index (κ3) is 4.95. The second-order valence-electron chi connectivity index (χ2n) is 6.89. The highest BCUT2D eigenvalue weighted by molar-refractivity contribution is 7.89. The van der Waals surface area contributed by atoms with Crippen LogP contribution >= 0.6 is 0 Å². The van der Waals surface area contributed by atoms with E-state index in [9.17, 15) is 22.4 Å². The van der Waals surface area contributed by atoms with Crippen molar-refractivity contribution < 1.29 is 27.1 Å². The summed E-state index contributed by atoms with van der Waals surface area (Å²) in [7, 11) is -2.35. The van der Waals surface area contributed by atoms with Crippen LogP contribution in [-0.2, 0) is 19.6 Å². The molecule has 2 amide bonds. The molecule has 1 aliphatic rings. The van der Waals surface area contributed by atoms with Gasteiger partial charge in [0, 0.05) is 25.7 Å². The van der Waals surface area contributed by atoms with E-state index in [2.05, 4.69) is 10.6 Å². The maximum Gasteiger partial charge on any atom is 0.265 e. The molecule has 0 saturated carbocycles. The lowest BCUT2D eigenvalue weighted by Crippen LogP contribution is -2.34. The van der Waals surface area contributed by atoms with Crippen LogP contribution in [0.5, 0.6) is 5.75 Å². The van der Waals surface area contributed by atoms with Gasteiger partial charge in [0.2, 0.25) is 15.9 Å². The first-order valence-electron chi connectivity index (χ1n) is 9.30. The molecule has 0 radical (unpaired) electrons. The highest BCUT2D eigenvalue weighted by atomic mass is 32.2. The van der Waals surface area contributed by atoms with Crippen LogP contribution in [0.3, 0.4) is 0 Å². The van der Waals surface area contributed by atoms with Gasteiger partial charge in [0.25, 0.3) is 5.91 Å². The molecular formula is C20H22FN3O5S. The third-order valence-electron chi connectivity index (χ3n) is 4.59. The van der Waals surface area contributed by atoms with Gasteiger partial charge in [-0.1, -0.05) is 0 Å². The van der Waals surface area contributed by atoms with Crippen molar-refractivity contribution >= 4 is 33.2 Å². The zero-order chi connectivity index (χ0) is 21.9. The maximum absolute atomic E-state index is 13.0. The lowest BCUT2D eigenvalue weighted by Gasteiger charge is -2.23. The van der Waals surface area contributed by atoms with Crippen LogP contribution in [0.1, 0.15) is 19.8 Å². The topological polar surface area (TPSA) is 105 Å². The Labute approximate surface area is 174 Å². The lowest BCUT2D eigenvalue weighted by molar-refractivity contribution is -0.122. The van der Waals surface area contributed by atoms with Crippen LogP contribution in [-0.4, -0.2) is 44.2 Å². The first-order chi connectivity index (χ1) is 14.2. The Balaban J connectivity index is 1.52. The molecule has 0 bridgehead atoms. The second-order valence-corrected chi connectivity index (χ2v) is 8.94. The van der Waals surface area contributed by atoms with Gasteiger partial charge in [0.1, 0.15) is 11.6 Å². The fourth-order valence-electron chi connectivity index (χ4n) is 2.88. The smallest absolute Gasteiger partial charge is 0.265 e. The number of carbonyl (C=O) groups excluding carboxylic acids is 2. The summed E-state index contributed by atoms with van der Waals surface area (Å²) in [6.07, 6.45) is -0.188. The van der Waals surface area contributed by atoms with Gasteiger partial charge >= 0.3 is 0 Å². The number of anilines is 2. The molecule has 0 aliphatic carbocycles. The Hall–Kier alpha value is -2.98. The minimum absolute atomic E-state index is 0.0107. The van der Waals surface area contributed by atoms with Crippen LogP contribution < -0.4 is 15.4 Å². The lowest BCUT2D eigenvalue weighted by atomic mass is 10.2. The summed E-state index contributed by atoms with van der Waals surface area (Å²) in [6.45, 7) is 1.76. The summed E-state index contributed by atoms with van der Waals surface area (Å²) >= 11 is 0. The molecule has 0 aromatic heterocycles. The number of sulfonamides is 1. The van der Waals surface area contributed by atoms with Crippen molar-refractivity contribution in [2.24, 2.45) is 0 Å². The number of nitrogens with zero attached hydrogens (tertiary/aromatic N) is 1. The zero-order valence-electron chi connectivity index (χ0n) is 16.5. The molecule has 2 aromatic carbocycles. The van der Waals surface area contributed by atoms with E-state index in [-0.39, 0.29) is 29.7 Å². The van der Waals surface area contributed by atoms with Crippen molar-refractivity contribution in [1.82, 2.24) is 4.31 Å². The van der Waals surface area contributed by atoms with Crippen molar-refractivity contribution in [2.45, 2.75) is 30.8 Å². The summed E-state index contributed by atoms with van der Waals surface area (Å²) in [5, 5.41) is 5.42.